The normalized spacial score (nSPS) is 16.5. The number of hydrogen-bond acceptors (Lipinski definition) is 9. The Balaban J connectivity index is 1.70. The van der Waals surface area contributed by atoms with Gasteiger partial charge in [0, 0.05) is 22.4 Å². The number of para-hydroxylation sites is 1. The third kappa shape index (κ3) is 5.43. The Kier molecular flexibility index (Phi) is 7.84. The molecule has 0 N–H and O–H groups in total. The number of carbonyl (C=O) groups is 1. The predicted octanol–water partition coefficient (Wildman–Crippen LogP) is 4.37. The third-order valence-electron chi connectivity index (χ3n) is 6.85. The van der Waals surface area contributed by atoms with Crippen molar-refractivity contribution in [2.45, 2.75) is 44.3 Å². The molecule has 3 heterocycles. The van der Waals surface area contributed by atoms with Gasteiger partial charge >= 0.3 is 12.1 Å². The maximum Gasteiger partial charge on any atom is 0.452 e. The lowest BCUT2D eigenvalue weighted by Crippen LogP contribution is -2.20. The average Bonchev–Trinajstić information content (AvgIpc) is 3.55. The van der Waals surface area contributed by atoms with Crippen LogP contribution in [0.1, 0.15) is 53.8 Å². The van der Waals surface area contributed by atoms with Crippen LogP contribution in [0.2, 0.25) is 5.02 Å². The highest BCUT2D eigenvalue weighted by molar-refractivity contribution is 6.30. The quantitative estimate of drug-likeness (QED) is 0.275. The summed E-state index contributed by atoms with van der Waals surface area (Å²) >= 11 is 6.40. The Labute approximate surface area is 237 Å². The molecule has 0 radical (unpaired) electrons. The summed E-state index contributed by atoms with van der Waals surface area (Å²) in [5.41, 5.74) is 1.42. The number of rotatable bonds is 8. The molecule has 1 aliphatic rings. The molecule has 11 nitrogen and oxygen atoms in total. The summed E-state index contributed by atoms with van der Waals surface area (Å²) in [4.78, 5) is 12.1. The molecule has 4 aromatic rings. The van der Waals surface area contributed by atoms with Crippen LogP contribution in [-0.4, -0.2) is 61.8 Å². The van der Waals surface area contributed by atoms with Gasteiger partial charge in [-0.3, -0.25) is 9.36 Å². The van der Waals surface area contributed by atoms with E-state index in [4.69, 9.17) is 25.8 Å². The highest BCUT2D eigenvalue weighted by atomic mass is 35.5. The minimum absolute atomic E-state index is 0.00222. The molecule has 15 heteroatoms. The number of tetrazole rings is 1. The second kappa shape index (κ2) is 11.4. The largest absolute Gasteiger partial charge is 0.493 e. The molecule has 2 aromatic carbocycles. The van der Waals surface area contributed by atoms with Gasteiger partial charge in [-0.25, -0.2) is 4.68 Å². The van der Waals surface area contributed by atoms with E-state index in [9.17, 15) is 18.0 Å². The minimum Gasteiger partial charge on any atom is -0.493 e. The van der Waals surface area contributed by atoms with E-state index in [1.807, 2.05) is 6.07 Å². The van der Waals surface area contributed by atoms with Crippen LogP contribution in [0.4, 0.5) is 13.2 Å². The van der Waals surface area contributed by atoms with E-state index in [1.54, 1.807) is 25.1 Å². The Bertz CT molecular complexity index is 1570. The first-order valence-electron chi connectivity index (χ1n) is 12.6. The summed E-state index contributed by atoms with van der Waals surface area (Å²) in [5.74, 6) is -1.78. The molecule has 2 unspecified atom stereocenters. The molecule has 216 valence electrons. The van der Waals surface area contributed by atoms with Crippen LogP contribution in [0.25, 0.3) is 5.69 Å². The van der Waals surface area contributed by atoms with Gasteiger partial charge < -0.3 is 14.2 Å². The second-order valence-electron chi connectivity index (χ2n) is 9.25. The fourth-order valence-electron chi connectivity index (χ4n) is 5.19. The number of carbonyl (C=O) groups excluding carboxylic acids is 1. The zero-order valence-corrected chi connectivity index (χ0v) is 23.0. The molecular formula is C26H25ClF3N7O4. The summed E-state index contributed by atoms with van der Waals surface area (Å²) in [5, 5.41) is 19.5. The Morgan fingerprint density at radius 3 is 2.61 bits per heavy atom. The smallest absolute Gasteiger partial charge is 0.452 e. The van der Waals surface area contributed by atoms with Gasteiger partial charge in [-0.15, -0.1) is 15.3 Å². The second-order valence-corrected chi connectivity index (χ2v) is 9.68. The van der Waals surface area contributed by atoms with Gasteiger partial charge in [0.05, 0.1) is 33.1 Å². The van der Waals surface area contributed by atoms with Crippen LogP contribution in [-0.2, 0) is 28.7 Å². The van der Waals surface area contributed by atoms with Crippen LogP contribution in [0.3, 0.4) is 0 Å². The van der Waals surface area contributed by atoms with Gasteiger partial charge in [0.1, 0.15) is 12.2 Å². The molecule has 0 saturated heterocycles. The van der Waals surface area contributed by atoms with Crippen molar-refractivity contribution in [3.05, 3.63) is 70.0 Å². The van der Waals surface area contributed by atoms with Crippen LogP contribution in [0.15, 0.2) is 36.4 Å². The van der Waals surface area contributed by atoms with Crippen molar-refractivity contribution in [3.63, 3.8) is 0 Å². The van der Waals surface area contributed by atoms with Crippen molar-refractivity contribution in [1.29, 1.82) is 0 Å². The number of aromatic nitrogens is 7. The summed E-state index contributed by atoms with van der Waals surface area (Å²) < 4.78 is 61.4. The van der Waals surface area contributed by atoms with Crippen molar-refractivity contribution in [3.8, 4) is 17.2 Å². The number of esters is 1. The molecular weight excluding hydrogens is 567 g/mol. The van der Waals surface area contributed by atoms with Gasteiger partial charge in [0.2, 0.25) is 5.82 Å². The third-order valence-corrected chi connectivity index (χ3v) is 7.08. The molecule has 0 spiro atoms. The highest BCUT2D eigenvalue weighted by Gasteiger charge is 2.43. The lowest BCUT2D eigenvalue weighted by molar-refractivity contribution is -0.146. The van der Waals surface area contributed by atoms with E-state index in [2.05, 4.69) is 25.7 Å². The summed E-state index contributed by atoms with van der Waals surface area (Å²) in [6.07, 6.45) is -4.77. The number of halogens is 4. The Morgan fingerprint density at radius 2 is 1.90 bits per heavy atom. The van der Waals surface area contributed by atoms with Crippen molar-refractivity contribution < 1.29 is 32.2 Å². The van der Waals surface area contributed by atoms with Crippen LogP contribution >= 0.6 is 11.6 Å². The molecule has 41 heavy (non-hydrogen) atoms. The highest BCUT2D eigenvalue weighted by Crippen LogP contribution is 2.48. The Morgan fingerprint density at radius 1 is 1.10 bits per heavy atom. The van der Waals surface area contributed by atoms with Crippen molar-refractivity contribution in [2.24, 2.45) is 0 Å². The standard InChI is InChI=1S/C26H25ClF3N7O4/c1-4-41-22(38)12-21-31-34-35-36(21)13-14-10-17(16-6-5-7-20(39-2)23(16)40-3)18-11-15(27)8-9-19(18)37-24(14)32-33-25(37)26(28,29)30/h5-9,11,14,17H,4,10,12-13H2,1-3H3. The summed E-state index contributed by atoms with van der Waals surface area (Å²) in [6, 6.07) is 10.0. The predicted molar refractivity (Wildman–Crippen MR) is 138 cm³/mol. The van der Waals surface area contributed by atoms with Gasteiger partial charge in [0.25, 0.3) is 0 Å². The maximum absolute atomic E-state index is 14.3. The Hall–Kier alpha value is -4.20. The van der Waals surface area contributed by atoms with Crippen molar-refractivity contribution in [1.82, 2.24) is 35.0 Å². The van der Waals surface area contributed by atoms with Crippen LogP contribution in [0, 0.1) is 0 Å². The molecule has 2 atom stereocenters. The molecule has 0 bridgehead atoms. The number of nitrogens with zero attached hydrogens (tertiary/aromatic N) is 7. The zero-order valence-electron chi connectivity index (χ0n) is 22.2. The lowest BCUT2D eigenvalue weighted by atomic mass is 9.83. The molecule has 0 fully saturated rings. The van der Waals surface area contributed by atoms with Gasteiger partial charge in [-0.05, 0) is 53.6 Å². The fourth-order valence-corrected chi connectivity index (χ4v) is 5.37. The van der Waals surface area contributed by atoms with Gasteiger partial charge in [-0.1, -0.05) is 23.7 Å². The molecule has 0 aliphatic carbocycles. The molecule has 2 aromatic heterocycles. The van der Waals surface area contributed by atoms with Crippen LogP contribution in [0.5, 0.6) is 11.5 Å². The maximum atomic E-state index is 14.3. The minimum atomic E-state index is -4.80. The van der Waals surface area contributed by atoms with E-state index >= 15 is 0 Å². The number of ether oxygens (including phenoxy) is 3. The monoisotopic (exact) mass is 591 g/mol. The first-order valence-corrected chi connectivity index (χ1v) is 13.0. The van der Waals surface area contributed by atoms with Gasteiger partial charge in [-0.2, -0.15) is 13.2 Å². The SMILES string of the molecule is CCOC(=O)Cc1nnnn1CC1CC(c2cccc(OC)c2OC)c2cc(Cl)ccc2-n2c1nnc2C(F)(F)F. The number of fused-ring (bicyclic) bond motifs is 3. The summed E-state index contributed by atoms with van der Waals surface area (Å²) in [7, 11) is 3.00. The van der Waals surface area contributed by atoms with E-state index in [0.717, 1.165) is 4.57 Å². The first kappa shape index (κ1) is 28.3. The van der Waals surface area contributed by atoms with E-state index in [-0.39, 0.29) is 43.3 Å². The van der Waals surface area contributed by atoms with Crippen molar-refractivity contribution >= 4 is 17.6 Å². The van der Waals surface area contributed by atoms with E-state index < -0.39 is 29.8 Å². The van der Waals surface area contributed by atoms with E-state index in [0.29, 0.717) is 27.6 Å². The fraction of sp³-hybridized carbons (Fsp3) is 0.385. The number of methoxy groups -OCH3 is 2. The topological polar surface area (TPSA) is 119 Å². The molecule has 5 rings (SSSR count). The first-order chi connectivity index (χ1) is 19.7. The van der Waals surface area contributed by atoms with Crippen molar-refractivity contribution in [2.75, 3.05) is 20.8 Å². The average molecular weight is 592 g/mol. The lowest BCUT2D eigenvalue weighted by Gasteiger charge is -2.24. The number of alkyl halides is 3. The zero-order chi connectivity index (χ0) is 29.3. The van der Waals surface area contributed by atoms with Gasteiger partial charge in [0.15, 0.2) is 17.3 Å². The van der Waals surface area contributed by atoms with E-state index in [1.165, 1.54) is 31.0 Å². The molecule has 0 saturated carbocycles. The summed E-state index contributed by atoms with van der Waals surface area (Å²) in [6.45, 7) is 1.85. The number of benzene rings is 2. The molecule has 0 amide bonds. The molecule has 1 aliphatic heterocycles. The van der Waals surface area contributed by atoms with Crippen LogP contribution < -0.4 is 9.47 Å². The number of hydrogen-bond donors (Lipinski definition) is 0.